The average molecular weight is 333 g/mol. The lowest BCUT2D eigenvalue weighted by Crippen LogP contribution is -2.35. The molecule has 1 amide bonds. The van der Waals surface area contributed by atoms with Crippen LogP contribution in [-0.4, -0.2) is 39.6 Å². The van der Waals surface area contributed by atoms with Crippen molar-refractivity contribution < 1.29 is 23.8 Å². The molecule has 24 heavy (non-hydrogen) atoms. The molecule has 8 heteroatoms. The van der Waals surface area contributed by atoms with Crippen LogP contribution in [0.2, 0.25) is 0 Å². The van der Waals surface area contributed by atoms with Crippen LogP contribution in [0, 0.1) is 5.82 Å². The molecule has 0 spiro atoms. The topological polar surface area (TPSA) is 101 Å². The van der Waals surface area contributed by atoms with Crippen molar-refractivity contribution in [3.8, 4) is 5.75 Å². The lowest BCUT2D eigenvalue weighted by Gasteiger charge is -2.18. The predicted molar refractivity (Wildman–Crippen MR) is 82.4 cm³/mol. The first-order chi connectivity index (χ1) is 11.5. The molecule has 0 saturated heterocycles. The van der Waals surface area contributed by atoms with Crippen LogP contribution in [0.1, 0.15) is 34.3 Å². The van der Waals surface area contributed by atoms with Gasteiger partial charge in [-0.1, -0.05) is 19.1 Å². The number of para-hydroxylation sites is 1. The Morgan fingerprint density at radius 3 is 2.50 bits per heavy atom. The van der Waals surface area contributed by atoms with Gasteiger partial charge < -0.3 is 15.2 Å². The van der Waals surface area contributed by atoms with E-state index in [0.717, 1.165) is 12.4 Å². The SMILES string of the molecule is CCC(CNC(=O)c1cnc(C(=O)O)cn1)Oc1ccccc1F. The van der Waals surface area contributed by atoms with E-state index in [1.807, 2.05) is 6.92 Å². The number of carboxylic acids is 1. The van der Waals surface area contributed by atoms with E-state index in [9.17, 15) is 14.0 Å². The Balaban J connectivity index is 1.93. The number of carbonyl (C=O) groups excluding carboxylic acids is 1. The minimum absolute atomic E-state index is 0.0132. The fraction of sp³-hybridized carbons (Fsp3) is 0.250. The van der Waals surface area contributed by atoms with E-state index in [1.165, 1.54) is 12.1 Å². The van der Waals surface area contributed by atoms with Gasteiger partial charge in [0.1, 0.15) is 11.8 Å². The van der Waals surface area contributed by atoms with Gasteiger partial charge >= 0.3 is 5.97 Å². The van der Waals surface area contributed by atoms with Crippen LogP contribution in [-0.2, 0) is 0 Å². The summed E-state index contributed by atoms with van der Waals surface area (Å²) in [5.41, 5.74) is -0.262. The van der Waals surface area contributed by atoms with Crippen LogP contribution in [0.15, 0.2) is 36.7 Å². The van der Waals surface area contributed by atoms with Crippen molar-refractivity contribution in [3.63, 3.8) is 0 Å². The first-order valence-electron chi connectivity index (χ1n) is 7.26. The van der Waals surface area contributed by atoms with Gasteiger partial charge in [0.25, 0.3) is 5.91 Å². The number of rotatable bonds is 7. The van der Waals surface area contributed by atoms with Crippen molar-refractivity contribution in [2.45, 2.75) is 19.4 Å². The maximum atomic E-state index is 13.6. The normalized spacial score (nSPS) is 11.6. The minimum atomic E-state index is -1.22. The van der Waals surface area contributed by atoms with Gasteiger partial charge in [-0.15, -0.1) is 0 Å². The van der Waals surface area contributed by atoms with Gasteiger partial charge in [0, 0.05) is 0 Å². The van der Waals surface area contributed by atoms with Gasteiger partial charge in [-0.3, -0.25) is 4.79 Å². The summed E-state index contributed by atoms with van der Waals surface area (Å²) in [6.07, 6.45) is 2.22. The fourth-order valence-electron chi connectivity index (χ4n) is 1.84. The lowest BCUT2D eigenvalue weighted by atomic mass is 10.2. The number of amides is 1. The molecule has 0 aliphatic rings. The summed E-state index contributed by atoms with van der Waals surface area (Å²) in [7, 11) is 0. The molecule has 2 N–H and O–H groups in total. The van der Waals surface area contributed by atoms with Crippen molar-refractivity contribution in [1.29, 1.82) is 0 Å². The van der Waals surface area contributed by atoms with E-state index in [2.05, 4.69) is 15.3 Å². The maximum absolute atomic E-state index is 13.6. The molecule has 1 aromatic heterocycles. The molecule has 126 valence electrons. The first-order valence-corrected chi connectivity index (χ1v) is 7.26. The Kier molecular flexibility index (Phi) is 5.78. The Hall–Kier alpha value is -3.03. The number of hydrogen-bond donors (Lipinski definition) is 2. The van der Waals surface area contributed by atoms with E-state index in [-0.39, 0.29) is 23.7 Å². The minimum Gasteiger partial charge on any atom is -0.486 e. The molecular formula is C16H16FN3O4. The number of hydrogen-bond acceptors (Lipinski definition) is 5. The van der Waals surface area contributed by atoms with Crippen molar-refractivity contribution in [2.75, 3.05) is 6.54 Å². The summed E-state index contributed by atoms with van der Waals surface area (Å²) in [4.78, 5) is 30.0. The van der Waals surface area contributed by atoms with E-state index in [0.29, 0.717) is 6.42 Å². The smallest absolute Gasteiger partial charge is 0.356 e. The molecule has 2 aromatic rings. The highest BCUT2D eigenvalue weighted by atomic mass is 19.1. The molecule has 2 rings (SSSR count). The third kappa shape index (κ3) is 4.48. The number of benzene rings is 1. The Morgan fingerprint density at radius 2 is 1.92 bits per heavy atom. The molecule has 7 nitrogen and oxygen atoms in total. The zero-order valence-corrected chi connectivity index (χ0v) is 12.9. The van der Waals surface area contributed by atoms with Gasteiger partial charge in [0.2, 0.25) is 0 Å². The number of halogens is 1. The van der Waals surface area contributed by atoms with Crippen molar-refractivity contribution in [1.82, 2.24) is 15.3 Å². The average Bonchev–Trinajstić information content (AvgIpc) is 2.60. The number of ether oxygens (including phenoxy) is 1. The van der Waals surface area contributed by atoms with Gasteiger partial charge in [-0.25, -0.2) is 19.2 Å². The van der Waals surface area contributed by atoms with Crippen molar-refractivity contribution in [3.05, 3.63) is 53.9 Å². The van der Waals surface area contributed by atoms with E-state index < -0.39 is 23.8 Å². The highest BCUT2D eigenvalue weighted by Crippen LogP contribution is 2.17. The van der Waals surface area contributed by atoms with Crippen molar-refractivity contribution >= 4 is 11.9 Å². The standard InChI is InChI=1S/C16H16FN3O4/c1-2-10(24-14-6-4-3-5-11(14)17)7-20-15(21)12-8-19-13(9-18-12)16(22)23/h3-6,8-10H,2,7H2,1H3,(H,20,21)(H,22,23). The number of carboxylic acid groups (broad SMARTS) is 1. The largest absolute Gasteiger partial charge is 0.486 e. The molecule has 0 saturated carbocycles. The Labute approximate surface area is 137 Å². The number of aromatic nitrogens is 2. The summed E-state index contributed by atoms with van der Waals surface area (Å²) in [6.45, 7) is 1.99. The monoisotopic (exact) mass is 333 g/mol. The van der Waals surface area contributed by atoms with Crippen LogP contribution in [0.5, 0.6) is 5.75 Å². The molecule has 0 radical (unpaired) electrons. The van der Waals surface area contributed by atoms with E-state index in [1.54, 1.807) is 12.1 Å². The van der Waals surface area contributed by atoms with Crippen LogP contribution < -0.4 is 10.1 Å². The summed E-state index contributed by atoms with van der Waals surface area (Å²) in [5, 5.41) is 11.3. The Morgan fingerprint density at radius 1 is 1.25 bits per heavy atom. The summed E-state index contributed by atoms with van der Waals surface area (Å²) in [6, 6.07) is 6.02. The highest BCUT2D eigenvalue weighted by molar-refractivity contribution is 5.92. The van der Waals surface area contributed by atoms with Crippen LogP contribution >= 0.6 is 0 Å². The number of nitrogens with zero attached hydrogens (tertiary/aromatic N) is 2. The zero-order chi connectivity index (χ0) is 17.5. The molecule has 0 fully saturated rings. The van der Waals surface area contributed by atoms with Gasteiger partial charge in [0.15, 0.2) is 17.3 Å². The van der Waals surface area contributed by atoms with Crippen molar-refractivity contribution in [2.24, 2.45) is 0 Å². The first kappa shape index (κ1) is 17.3. The fourth-order valence-corrected chi connectivity index (χ4v) is 1.84. The molecule has 0 aliphatic heterocycles. The highest BCUT2D eigenvalue weighted by Gasteiger charge is 2.15. The van der Waals surface area contributed by atoms with Gasteiger partial charge in [-0.2, -0.15) is 0 Å². The number of carbonyl (C=O) groups is 2. The third-order valence-electron chi connectivity index (χ3n) is 3.18. The quantitative estimate of drug-likeness (QED) is 0.802. The maximum Gasteiger partial charge on any atom is 0.356 e. The second-order valence-corrected chi connectivity index (χ2v) is 4.88. The van der Waals surface area contributed by atoms with Gasteiger partial charge in [-0.05, 0) is 18.6 Å². The predicted octanol–water partition coefficient (Wildman–Crippen LogP) is 1.90. The van der Waals surface area contributed by atoms with Crippen LogP contribution in [0.3, 0.4) is 0 Å². The molecule has 0 aliphatic carbocycles. The molecule has 1 unspecified atom stereocenters. The number of nitrogens with one attached hydrogen (secondary N) is 1. The summed E-state index contributed by atoms with van der Waals surface area (Å²) in [5.74, 6) is -2.10. The zero-order valence-electron chi connectivity index (χ0n) is 12.9. The Bertz CT molecular complexity index is 722. The summed E-state index contributed by atoms with van der Waals surface area (Å²) < 4.78 is 19.1. The van der Waals surface area contributed by atoms with E-state index >= 15 is 0 Å². The van der Waals surface area contributed by atoms with Crippen LogP contribution in [0.25, 0.3) is 0 Å². The molecule has 1 atom stereocenters. The lowest BCUT2D eigenvalue weighted by molar-refractivity contribution is 0.0689. The molecule has 1 heterocycles. The molecular weight excluding hydrogens is 317 g/mol. The van der Waals surface area contributed by atoms with Crippen LogP contribution in [0.4, 0.5) is 4.39 Å². The third-order valence-corrected chi connectivity index (χ3v) is 3.18. The second kappa shape index (κ2) is 8.00. The summed E-state index contributed by atoms with van der Waals surface area (Å²) >= 11 is 0. The number of aromatic carboxylic acids is 1. The second-order valence-electron chi connectivity index (χ2n) is 4.88. The molecule has 1 aromatic carbocycles. The molecule has 0 bridgehead atoms. The van der Waals surface area contributed by atoms with E-state index in [4.69, 9.17) is 9.84 Å². The van der Waals surface area contributed by atoms with Gasteiger partial charge in [0.05, 0.1) is 18.9 Å².